The van der Waals surface area contributed by atoms with Gasteiger partial charge in [-0.05, 0) is 30.2 Å². The van der Waals surface area contributed by atoms with Crippen molar-refractivity contribution in [3.63, 3.8) is 0 Å². The zero-order chi connectivity index (χ0) is 21.3. The lowest BCUT2D eigenvalue weighted by Gasteiger charge is -2.44. The molecule has 0 bridgehead atoms. The van der Waals surface area contributed by atoms with Crippen LogP contribution in [0.3, 0.4) is 0 Å². The first-order chi connectivity index (χ1) is 13.6. The van der Waals surface area contributed by atoms with E-state index in [1.165, 1.54) is 24.4 Å². The van der Waals surface area contributed by atoms with E-state index in [1.54, 1.807) is 6.07 Å². The maximum atomic E-state index is 14.0. The van der Waals surface area contributed by atoms with Gasteiger partial charge in [0, 0.05) is 37.8 Å². The van der Waals surface area contributed by atoms with E-state index in [9.17, 15) is 17.6 Å². The van der Waals surface area contributed by atoms with Gasteiger partial charge in [0.15, 0.2) is 9.84 Å². The Morgan fingerprint density at radius 2 is 2.00 bits per heavy atom. The van der Waals surface area contributed by atoms with Crippen LogP contribution in [-0.2, 0) is 9.84 Å². The fraction of sp³-hybridized carbons (Fsp3) is 0.421. The van der Waals surface area contributed by atoms with Crippen LogP contribution < -0.4 is 15.5 Å². The molecule has 0 spiro atoms. The van der Waals surface area contributed by atoms with Crippen LogP contribution in [0.4, 0.5) is 16.0 Å². The molecule has 1 aliphatic rings. The number of rotatable bonds is 5. The fourth-order valence-electron chi connectivity index (χ4n) is 3.46. The summed E-state index contributed by atoms with van der Waals surface area (Å²) in [5.41, 5.74) is 6.12. The molecule has 1 aromatic heterocycles. The summed E-state index contributed by atoms with van der Waals surface area (Å²) in [4.78, 5) is 23.8. The van der Waals surface area contributed by atoms with E-state index in [4.69, 9.17) is 5.73 Å². The molecule has 8 nitrogen and oxygen atoms in total. The third-order valence-electron chi connectivity index (χ3n) is 5.02. The van der Waals surface area contributed by atoms with E-state index in [0.717, 1.165) is 6.26 Å². The minimum atomic E-state index is -3.67. The molecular weight excluding hydrogens is 397 g/mol. The number of primary amides is 1. The number of benzene rings is 1. The maximum Gasteiger partial charge on any atom is 0.267 e. The summed E-state index contributed by atoms with van der Waals surface area (Å²) in [5.74, 6) is -0.732. The number of nitrogens with zero attached hydrogens (tertiary/aromatic N) is 4. The van der Waals surface area contributed by atoms with Crippen LogP contribution in [0, 0.1) is 11.7 Å². The highest BCUT2D eigenvalue weighted by molar-refractivity contribution is 7.90. The van der Waals surface area contributed by atoms with Crippen LogP contribution in [0.15, 0.2) is 35.4 Å². The summed E-state index contributed by atoms with van der Waals surface area (Å²) < 4.78 is 37.7. The van der Waals surface area contributed by atoms with Crippen LogP contribution in [0.5, 0.6) is 0 Å². The van der Waals surface area contributed by atoms with Crippen molar-refractivity contribution < 1.29 is 17.6 Å². The standard InChI is InChI=1S/C19H24FN5O3S/c1-12(2)16-11-24(13-4-5-14(20)17(10-13)29(3,27)28)8-9-25(16)19-22-7-6-15(23-19)18(21)26/h4-7,10,12,16H,8-9,11H2,1-3H3,(H2,21,26)/t16-/m0/s1. The molecule has 2 aromatic rings. The second kappa shape index (κ2) is 7.94. The molecule has 2 heterocycles. The molecule has 1 aliphatic heterocycles. The molecule has 29 heavy (non-hydrogen) atoms. The highest BCUT2D eigenvalue weighted by atomic mass is 32.2. The fourth-order valence-corrected chi connectivity index (χ4v) is 4.22. The SMILES string of the molecule is CC(C)[C@@H]1CN(c2ccc(F)c(S(C)(=O)=O)c2)CCN1c1nccc(C(N)=O)n1. The van der Waals surface area contributed by atoms with E-state index in [2.05, 4.69) is 23.8 Å². The predicted molar refractivity (Wildman–Crippen MR) is 108 cm³/mol. The smallest absolute Gasteiger partial charge is 0.267 e. The third kappa shape index (κ3) is 4.47. The lowest BCUT2D eigenvalue weighted by molar-refractivity contribution is 0.0995. The second-order valence-electron chi connectivity index (χ2n) is 7.44. The number of hydrogen-bond acceptors (Lipinski definition) is 7. The van der Waals surface area contributed by atoms with Gasteiger partial charge in [0.1, 0.15) is 16.4 Å². The minimum Gasteiger partial charge on any atom is -0.368 e. The predicted octanol–water partition coefficient (Wildman–Crippen LogP) is 1.47. The van der Waals surface area contributed by atoms with Crippen molar-refractivity contribution in [3.05, 3.63) is 42.0 Å². The molecule has 10 heteroatoms. The van der Waals surface area contributed by atoms with Crippen molar-refractivity contribution in [2.45, 2.75) is 24.8 Å². The van der Waals surface area contributed by atoms with E-state index < -0.39 is 21.6 Å². The zero-order valence-corrected chi connectivity index (χ0v) is 17.4. The average Bonchev–Trinajstić information content (AvgIpc) is 2.67. The first kappa shape index (κ1) is 21.0. The van der Waals surface area contributed by atoms with E-state index in [-0.39, 0.29) is 22.5 Å². The van der Waals surface area contributed by atoms with Gasteiger partial charge in [0.2, 0.25) is 5.95 Å². The number of aromatic nitrogens is 2. The summed E-state index contributed by atoms with van der Waals surface area (Å²) >= 11 is 0. The molecule has 1 fully saturated rings. The molecule has 1 aromatic carbocycles. The van der Waals surface area contributed by atoms with Gasteiger partial charge in [-0.3, -0.25) is 4.79 Å². The Morgan fingerprint density at radius 1 is 1.28 bits per heavy atom. The molecule has 0 unspecified atom stereocenters. The summed E-state index contributed by atoms with van der Waals surface area (Å²) in [5, 5.41) is 0. The number of halogens is 1. The molecular formula is C19H24FN5O3S. The first-order valence-corrected chi connectivity index (χ1v) is 11.1. The van der Waals surface area contributed by atoms with Gasteiger partial charge in [-0.1, -0.05) is 13.8 Å². The largest absolute Gasteiger partial charge is 0.368 e. The van der Waals surface area contributed by atoms with Gasteiger partial charge in [0.25, 0.3) is 5.91 Å². The van der Waals surface area contributed by atoms with Crippen molar-refractivity contribution in [2.75, 3.05) is 35.7 Å². The zero-order valence-electron chi connectivity index (χ0n) is 16.5. The van der Waals surface area contributed by atoms with Crippen LogP contribution >= 0.6 is 0 Å². The first-order valence-electron chi connectivity index (χ1n) is 9.22. The number of sulfone groups is 1. The number of carbonyl (C=O) groups excluding carboxylic acids is 1. The van der Waals surface area contributed by atoms with Crippen LogP contribution in [0.25, 0.3) is 0 Å². The average molecular weight is 421 g/mol. The summed E-state index contributed by atoms with van der Waals surface area (Å²) in [6.45, 7) is 5.80. The summed E-state index contributed by atoms with van der Waals surface area (Å²) in [6.07, 6.45) is 2.50. The van der Waals surface area contributed by atoms with Crippen molar-refractivity contribution >= 4 is 27.4 Å². The molecule has 0 aliphatic carbocycles. The van der Waals surface area contributed by atoms with E-state index >= 15 is 0 Å². The molecule has 2 N–H and O–H groups in total. The van der Waals surface area contributed by atoms with E-state index in [1.807, 2.05) is 9.80 Å². The summed E-state index contributed by atoms with van der Waals surface area (Å²) in [7, 11) is -3.67. The molecule has 0 saturated carbocycles. The van der Waals surface area contributed by atoms with Crippen molar-refractivity contribution in [2.24, 2.45) is 11.7 Å². The number of nitrogens with two attached hydrogens (primary N) is 1. The van der Waals surface area contributed by atoms with Gasteiger partial charge in [-0.25, -0.2) is 22.8 Å². The highest BCUT2D eigenvalue weighted by Crippen LogP contribution is 2.28. The Hall–Kier alpha value is -2.75. The number of hydrogen-bond donors (Lipinski definition) is 1. The quantitative estimate of drug-likeness (QED) is 0.778. The molecule has 3 rings (SSSR count). The molecule has 0 radical (unpaired) electrons. The lowest BCUT2D eigenvalue weighted by atomic mass is 9.99. The lowest BCUT2D eigenvalue weighted by Crippen LogP contribution is -2.56. The van der Waals surface area contributed by atoms with Gasteiger partial charge < -0.3 is 15.5 Å². The van der Waals surface area contributed by atoms with E-state index in [0.29, 0.717) is 31.3 Å². The monoisotopic (exact) mass is 421 g/mol. The Labute approximate surface area is 169 Å². The topological polar surface area (TPSA) is 109 Å². The van der Waals surface area contributed by atoms with Crippen molar-refractivity contribution in [1.82, 2.24) is 9.97 Å². The van der Waals surface area contributed by atoms with Crippen molar-refractivity contribution in [3.8, 4) is 0 Å². The highest BCUT2D eigenvalue weighted by Gasteiger charge is 2.32. The number of anilines is 2. The van der Waals surface area contributed by atoms with Gasteiger partial charge >= 0.3 is 0 Å². The molecule has 1 atom stereocenters. The Morgan fingerprint density at radius 3 is 2.62 bits per heavy atom. The van der Waals surface area contributed by atoms with Gasteiger partial charge in [-0.15, -0.1) is 0 Å². The maximum absolute atomic E-state index is 14.0. The van der Waals surface area contributed by atoms with Crippen molar-refractivity contribution in [1.29, 1.82) is 0 Å². The normalized spacial score (nSPS) is 17.6. The number of amides is 1. The van der Waals surface area contributed by atoms with Crippen LogP contribution in [0.1, 0.15) is 24.3 Å². The third-order valence-corrected chi connectivity index (χ3v) is 6.13. The Bertz CT molecular complexity index is 1030. The molecule has 156 valence electrons. The van der Waals surface area contributed by atoms with Crippen LogP contribution in [0.2, 0.25) is 0 Å². The number of carbonyl (C=O) groups is 1. The summed E-state index contributed by atoms with van der Waals surface area (Å²) in [6, 6.07) is 5.61. The van der Waals surface area contributed by atoms with Gasteiger partial charge in [-0.2, -0.15) is 0 Å². The Balaban J connectivity index is 1.90. The minimum absolute atomic E-state index is 0.00128. The second-order valence-corrected chi connectivity index (χ2v) is 9.43. The number of piperazine rings is 1. The molecule has 1 saturated heterocycles. The van der Waals surface area contributed by atoms with Crippen LogP contribution in [-0.4, -0.2) is 56.2 Å². The molecule has 1 amide bonds. The van der Waals surface area contributed by atoms with Gasteiger partial charge in [0.05, 0.1) is 6.04 Å². The Kier molecular flexibility index (Phi) is 5.74.